The number of benzene rings is 1. The van der Waals surface area contributed by atoms with Crippen molar-refractivity contribution in [3.8, 4) is 0 Å². The molecule has 5 nitrogen and oxygen atoms in total. The zero-order chi connectivity index (χ0) is 15.1. The van der Waals surface area contributed by atoms with Crippen LogP contribution in [0.25, 0.3) is 0 Å². The molecule has 0 radical (unpaired) electrons. The predicted octanol–water partition coefficient (Wildman–Crippen LogP) is 1.61. The maximum atomic E-state index is 12.7. The molecule has 0 fully saturated rings. The van der Waals surface area contributed by atoms with E-state index < -0.39 is 11.7 Å². The number of nitrogens with zero attached hydrogens (tertiary/aromatic N) is 1. The molecule has 0 aliphatic carbocycles. The topological polar surface area (TPSA) is 71.1 Å². The Hall–Kier alpha value is -2.76. The van der Waals surface area contributed by atoms with E-state index >= 15 is 0 Å². The van der Waals surface area contributed by atoms with Crippen molar-refractivity contribution in [2.24, 2.45) is 0 Å². The molecule has 6 heteroatoms. The highest BCUT2D eigenvalue weighted by Crippen LogP contribution is 2.02. The second-order valence-corrected chi connectivity index (χ2v) is 4.36. The van der Waals surface area contributed by atoms with Crippen LogP contribution < -0.4 is 10.9 Å². The Balaban J connectivity index is 1.76. The Bertz CT molecular complexity index is 615. The summed E-state index contributed by atoms with van der Waals surface area (Å²) in [5.74, 6) is -1.22. The number of pyridine rings is 1. The molecule has 21 heavy (non-hydrogen) atoms. The van der Waals surface area contributed by atoms with Crippen LogP contribution in [-0.4, -0.2) is 16.8 Å². The first-order chi connectivity index (χ1) is 10.1. The second-order valence-electron chi connectivity index (χ2n) is 4.36. The fourth-order valence-electron chi connectivity index (χ4n) is 1.67. The number of hydrogen-bond acceptors (Lipinski definition) is 3. The summed E-state index contributed by atoms with van der Waals surface area (Å²) in [5.41, 5.74) is 5.86. The summed E-state index contributed by atoms with van der Waals surface area (Å²) < 4.78 is 12.7. The van der Waals surface area contributed by atoms with Crippen molar-refractivity contribution in [3.05, 3.63) is 65.7 Å². The van der Waals surface area contributed by atoms with Crippen LogP contribution in [0, 0.1) is 5.82 Å². The van der Waals surface area contributed by atoms with E-state index in [4.69, 9.17) is 0 Å². The highest BCUT2D eigenvalue weighted by atomic mass is 19.1. The van der Waals surface area contributed by atoms with Gasteiger partial charge in [-0.15, -0.1) is 0 Å². The lowest BCUT2D eigenvalue weighted by Gasteiger charge is -2.07. The first-order valence-corrected chi connectivity index (χ1v) is 6.39. The summed E-state index contributed by atoms with van der Waals surface area (Å²) in [6.45, 7) is 0. The highest BCUT2D eigenvalue weighted by Gasteiger charge is 2.07. The third-order valence-electron chi connectivity index (χ3n) is 2.81. The fourth-order valence-corrected chi connectivity index (χ4v) is 1.67. The maximum absolute atomic E-state index is 12.7. The number of rotatable bonds is 4. The number of hydrazine groups is 1. The average molecular weight is 287 g/mol. The van der Waals surface area contributed by atoms with Crippen LogP contribution in [0.1, 0.15) is 22.3 Å². The molecular formula is C15H14FN3O2. The minimum Gasteiger partial charge on any atom is -0.273 e. The second kappa shape index (κ2) is 7.14. The largest absolute Gasteiger partial charge is 0.273 e. The van der Waals surface area contributed by atoms with Gasteiger partial charge in [0.2, 0.25) is 5.91 Å². The van der Waals surface area contributed by atoms with Gasteiger partial charge in [-0.25, -0.2) is 4.39 Å². The Morgan fingerprint density at radius 1 is 1.00 bits per heavy atom. The summed E-state index contributed by atoms with van der Waals surface area (Å²) >= 11 is 0. The van der Waals surface area contributed by atoms with Crippen LogP contribution >= 0.6 is 0 Å². The van der Waals surface area contributed by atoms with Gasteiger partial charge in [0, 0.05) is 24.4 Å². The smallest absolute Gasteiger partial charge is 0.269 e. The Labute approximate surface area is 121 Å². The van der Waals surface area contributed by atoms with E-state index in [1.165, 1.54) is 24.3 Å². The first-order valence-electron chi connectivity index (χ1n) is 6.39. The molecule has 0 aliphatic heterocycles. The Morgan fingerprint density at radius 3 is 2.33 bits per heavy atom. The van der Waals surface area contributed by atoms with Crippen molar-refractivity contribution >= 4 is 11.8 Å². The Kier molecular flexibility index (Phi) is 4.98. The fraction of sp³-hybridized carbons (Fsp3) is 0.133. The van der Waals surface area contributed by atoms with Gasteiger partial charge in [-0.05, 0) is 48.4 Å². The van der Waals surface area contributed by atoms with Gasteiger partial charge >= 0.3 is 0 Å². The van der Waals surface area contributed by atoms with E-state index in [0.717, 1.165) is 5.56 Å². The normalized spacial score (nSPS) is 9.95. The average Bonchev–Trinajstić information content (AvgIpc) is 2.52. The molecule has 0 atom stereocenters. The van der Waals surface area contributed by atoms with E-state index in [1.54, 1.807) is 12.4 Å². The quantitative estimate of drug-likeness (QED) is 0.839. The minimum absolute atomic E-state index is 0.244. The highest BCUT2D eigenvalue weighted by molar-refractivity contribution is 5.95. The van der Waals surface area contributed by atoms with E-state index in [-0.39, 0.29) is 17.9 Å². The van der Waals surface area contributed by atoms with Crippen LogP contribution in [0.4, 0.5) is 4.39 Å². The molecule has 0 spiro atoms. The Morgan fingerprint density at radius 2 is 1.67 bits per heavy atom. The van der Waals surface area contributed by atoms with E-state index in [2.05, 4.69) is 15.8 Å². The molecule has 1 aromatic heterocycles. The van der Waals surface area contributed by atoms with Crippen molar-refractivity contribution in [1.29, 1.82) is 0 Å². The van der Waals surface area contributed by atoms with Gasteiger partial charge in [0.05, 0.1) is 0 Å². The number of hydrogen-bond donors (Lipinski definition) is 2. The van der Waals surface area contributed by atoms with Gasteiger partial charge in [0.15, 0.2) is 0 Å². The van der Waals surface area contributed by atoms with Crippen molar-refractivity contribution in [2.75, 3.05) is 0 Å². The van der Waals surface area contributed by atoms with E-state index in [1.807, 2.05) is 12.1 Å². The van der Waals surface area contributed by atoms with Gasteiger partial charge in [-0.1, -0.05) is 0 Å². The number of aromatic nitrogens is 1. The van der Waals surface area contributed by atoms with E-state index in [0.29, 0.717) is 6.42 Å². The molecule has 108 valence electrons. The molecule has 2 rings (SSSR count). The van der Waals surface area contributed by atoms with Gasteiger partial charge in [0.25, 0.3) is 5.91 Å². The molecule has 1 aromatic carbocycles. The number of amides is 2. The summed E-state index contributed by atoms with van der Waals surface area (Å²) in [6.07, 6.45) is 4.11. The van der Waals surface area contributed by atoms with Crippen molar-refractivity contribution in [3.63, 3.8) is 0 Å². The molecule has 2 N–H and O–H groups in total. The molecular weight excluding hydrogens is 273 g/mol. The summed E-state index contributed by atoms with van der Waals surface area (Å²) in [5, 5.41) is 0. The van der Waals surface area contributed by atoms with Gasteiger partial charge in [-0.2, -0.15) is 0 Å². The predicted molar refractivity (Wildman–Crippen MR) is 74.6 cm³/mol. The molecule has 1 heterocycles. The van der Waals surface area contributed by atoms with Gasteiger partial charge < -0.3 is 0 Å². The first kappa shape index (κ1) is 14.6. The monoisotopic (exact) mass is 287 g/mol. The SMILES string of the molecule is O=C(CCc1ccncc1)NNC(=O)c1ccc(F)cc1. The molecule has 0 saturated heterocycles. The standard InChI is InChI=1S/C15H14FN3O2/c16-13-4-2-12(3-5-13)15(21)19-18-14(20)6-1-11-7-9-17-10-8-11/h2-5,7-10H,1,6H2,(H,18,20)(H,19,21). The lowest BCUT2D eigenvalue weighted by atomic mass is 10.1. The van der Waals surface area contributed by atoms with Crippen molar-refractivity contribution < 1.29 is 14.0 Å². The molecule has 0 saturated carbocycles. The van der Waals surface area contributed by atoms with Crippen LogP contribution in [-0.2, 0) is 11.2 Å². The zero-order valence-corrected chi connectivity index (χ0v) is 11.2. The third kappa shape index (κ3) is 4.68. The number of halogens is 1. The van der Waals surface area contributed by atoms with Gasteiger partial charge in [-0.3, -0.25) is 25.4 Å². The van der Waals surface area contributed by atoms with Crippen LogP contribution in [0.3, 0.4) is 0 Å². The lowest BCUT2D eigenvalue weighted by molar-refractivity contribution is -0.121. The van der Waals surface area contributed by atoms with Crippen LogP contribution in [0.2, 0.25) is 0 Å². The number of nitrogens with one attached hydrogen (secondary N) is 2. The number of carbonyl (C=O) groups excluding carboxylic acids is 2. The third-order valence-corrected chi connectivity index (χ3v) is 2.81. The molecule has 0 unspecified atom stereocenters. The number of carbonyl (C=O) groups is 2. The van der Waals surface area contributed by atoms with Crippen molar-refractivity contribution in [2.45, 2.75) is 12.8 Å². The molecule has 2 amide bonds. The zero-order valence-electron chi connectivity index (χ0n) is 11.2. The molecule has 2 aromatic rings. The number of aryl methyl sites for hydroxylation is 1. The van der Waals surface area contributed by atoms with Crippen molar-refractivity contribution in [1.82, 2.24) is 15.8 Å². The summed E-state index contributed by atoms with van der Waals surface area (Å²) in [7, 11) is 0. The lowest BCUT2D eigenvalue weighted by Crippen LogP contribution is -2.41. The molecule has 0 aliphatic rings. The summed E-state index contributed by atoms with van der Waals surface area (Å²) in [6, 6.07) is 8.69. The van der Waals surface area contributed by atoms with Gasteiger partial charge in [0.1, 0.15) is 5.82 Å². The summed E-state index contributed by atoms with van der Waals surface area (Å²) in [4.78, 5) is 27.2. The maximum Gasteiger partial charge on any atom is 0.269 e. The molecule has 0 bridgehead atoms. The minimum atomic E-state index is -0.493. The van der Waals surface area contributed by atoms with Crippen LogP contribution in [0.15, 0.2) is 48.8 Å². The van der Waals surface area contributed by atoms with E-state index in [9.17, 15) is 14.0 Å². The van der Waals surface area contributed by atoms with Crippen LogP contribution in [0.5, 0.6) is 0 Å².